The number of aryl methyl sites for hydroxylation is 1. The Morgan fingerprint density at radius 1 is 1.26 bits per heavy atom. The van der Waals surface area contributed by atoms with Gasteiger partial charge in [-0.05, 0) is 65.1 Å². The summed E-state index contributed by atoms with van der Waals surface area (Å²) in [6.07, 6.45) is 2.75. The lowest BCUT2D eigenvalue weighted by Crippen LogP contribution is -2.24. The molecule has 4 rings (SSSR count). The summed E-state index contributed by atoms with van der Waals surface area (Å²) < 4.78 is 16.5. The lowest BCUT2D eigenvalue weighted by atomic mass is 10.0. The predicted molar refractivity (Wildman–Crippen MR) is 106 cm³/mol. The van der Waals surface area contributed by atoms with Crippen LogP contribution in [0.2, 0.25) is 0 Å². The molecule has 0 saturated carbocycles. The molecule has 0 fully saturated rings. The summed E-state index contributed by atoms with van der Waals surface area (Å²) in [5.74, 6) is 2.11. The summed E-state index contributed by atoms with van der Waals surface area (Å²) >= 11 is 1.72. The summed E-state index contributed by atoms with van der Waals surface area (Å²) in [6.45, 7) is 3.02. The van der Waals surface area contributed by atoms with Crippen molar-refractivity contribution in [3.63, 3.8) is 0 Å². The molecule has 0 saturated heterocycles. The summed E-state index contributed by atoms with van der Waals surface area (Å²) in [5.41, 5.74) is 4.66. The smallest absolute Gasteiger partial charge is 0.231 e. The lowest BCUT2D eigenvalue weighted by Gasteiger charge is -2.20. The minimum atomic E-state index is 0.122. The Hall–Kier alpha value is -2.57. The molecule has 140 valence electrons. The largest absolute Gasteiger partial charge is 0.493 e. The summed E-state index contributed by atoms with van der Waals surface area (Å²) in [6, 6.07) is 10.4. The summed E-state index contributed by atoms with van der Waals surface area (Å²) in [7, 11) is 1.64. The average Bonchev–Trinajstić information content (AvgIpc) is 3.36. The van der Waals surface area contributed by atoms with Crippen LogP contribution in [0.3, 0.4) is 0 Å². The van der Waals surface area contributed by atoms with Gasteiger partial charge in [-0.3, -0.25) is 4.98 Å². The van der Waals surface area contributed by atoms with Crippen LogP contribution in [0.25, 0.3) is 0 Å². The van der Waals surface area contributed by atoms with Crippen molar-refractivity contribution < 1.29 is 14.2 Å². The highest BCUT2D eigenvalue weighted by atomic mass is 32.1. The zero-order valence-corrected chi connectivity index (χ0v) is 16.2. The fourth-order valence-electron chi connectivity index (χ4n) is 3.30. The van der Waals surface area contributed by atoms with Gasteiger partial charge >= 0.3 is 0 Å². The van der Waals surface area contributed by atoms with Crippen LogP contribution < -0.4 is 19.5 Å². The average molecular weight is 382 g/mol. The number of aromatic nitrogens is 1. The lowest BCUT2D eigenvalue weighted by molar-refractivity contribution is 0.171. The van der Waals surface area contributed by atoms with Gasteiger partial charge in [-0.15, -0.1) is 0 Å². The molecule has 0 amide bonds. The van der Waals surface area contributed by atoms with Gasteiger partial charge in [-0.25, -0.2) is 0 Å². The standard InChI is InChI=1S/C21H22N2O3S/c1-14-4-3-6-22-20(14)17(8-15-5-7-27-12-15)23-11-16-9-18(24-2)21-19(10-16)25-13-26-21/h3-7,9-10,12,17,23H,8,11,13H2,1-2H3/t17-/m1/s1. The molecule has 27 heavy (non-hydrogen) atoms. The van der Waals surface area contributed by atoms with Crippen molar-refractivity contribution in [3.8, 4) is 17.2 Å². The van der Waals surface area contributed by atoms with Gasteiger partial charge in [-0.1, -0.05) is 6.07 Å². The highest BCUT2D eigenvalue weighted by Crippen LogP contribution is 2.41. The van der Waals surface area contributed by atoms with Crippen LogP contribution in [0.1, 0.15) is 28.4 Å². The molecular formula is C21H22N2O3S. The van der Waals surface area contributed by atoms with Crippen LogP contribution >= 0.6 is 11.3 Å². The maximum Gasteiger partial charge on any atom is 0.231 e. The van der Waals surface area contributed by atoms with Crippen LogP contribution in [0, 0.1) is 6.92 Å². The monoisotopic (exact) mass is 382 g/mol. The minimum absolute atomic E-state index is 0.122. The van der Waals surface area contributed by atoms with E-state index in [1.807, 2.05) is 24.4 Å². The maximum absolute atomic E-state index is 5.54. The highest BCUT2D eigenvalue weighted by molar-refractivity contribution is 7.07. The molecule has 2 aromatic heterocycles. The number of hydrogen-bond donors (Lipinski definition) is 1. The molecule has 1 aromatic carbocycles. The van der Waals surface area contributed by atoms with Crippen LogP contribution in [-0.2, 0) is 13.0 Å². The quantitative estimate of drug-likeness (QED) is 0.662. The van der Waals surface area contributed by atoms with E-state index in [9.17, 15) is 0 Å². The Kier molecular flexibility index (Phi) is 5.27. The van der Waals surface area contributed by atoms with E-state index in [0.717, 1.165) is 23.4 Å². The number of fused-ring (bicyclic) bond motifs is 1. The third-order valence-corrected chi connectivity index (χ3v) is 5.40. The van der Waals surface area contributed by atoms with Crippen molar-refractivity contribution in [2.24, 2.45) is 0 Å². The Labute approximate surface area is 162 Å². The van der Waals surface area contributed by atoms with Crippen molar-refractivity contribution in [2.75, 3.05) is 13.9 Å². The molecule has 1 N–H and O–H groups in total. The third kappa shape index (κ3) is 3.91. The number of ether oxygens (including phenoxy) is 3. The molecule has 6 heteroatoms. The van der Waals surface area contributed by atoms with E-state index in [2.05, 4.69) is 40.1 Å². The van der Waals surface area contributed by atoms with Gasteiger partial charge in [0.15, 0.2) is 11.5 Å². The van der Waals surface area contributed by atoms with Crippen molar-refractivity contribution >= 4 is 11.3 Å². The Balaban J connectivity index is 1.56. The van der Waals surface area contributed by atoms with E-state index in [-0.39, 0.29) is 12.8 Å². The first kappa shape index (κ1) is 17.8. The highest BCUT2D eigenvalue weighted by Gasteiger charge is 2.21. The molecule has 3 aromatic rings. The number of pyridine rings is 1. The van der Waals surface area contributed by atoms with Gasteiger partial charge < -0.3 is 19.5 Å². The Bertz CT molecular complexity index is 912. The van der Waals surface area contributed by atoms with Crippen LogP contribution in [0.4, 0.5) is 0 Å². The molecule has 0 unspecified atom stereocenters. The number of nitrogens with zero attached hydrogens (tertiary/aromatic N) is 1. The SMILES string of the molecule is COc1cc(CN[C@H](Cc2ccsc2)c2ncccc2C)cc2c1OCO2. The molecule has 3 heterocycles. The van der Waals surface area contributed by atoms with E-state index >= 15 is 0 Å². The van der Waals surface area contributed by atoms with Crippen LogP contribution in [0.15, 0.2) is 47.3 Å². The van der Waals surface area contributed by atoms with Crippen LogP contribution in [0.5, 0.6) is 17.2 Å². The third-order valence-electron chi connectivity index (χ3n) is 4.67. The van der Waals surface area contributed by atoms with E-state index in [1.54, 1.807) is 18.4 Å². The second-order valence-corrected chi connectivity index (χ2v) is 7.29. The number of thiophene rings is 1. The van der Waals surface area contributed by atoms with Crippen molar-refractivity contribution in [3.05, 3.63) is 69.7 Å². The van der Waals surface area contributed by atoms with Gasteiger partial charge in [-0.2, -0.15) is 11.3 Å². The second kappa shape index (κ2) is 7.98. The molecule has 0 spiro atoms. The number of hydrogen-bond acceptors (Lipinski definition) is 6. The fourth-order valence-corrected chi connectivity index (χ4v) is 3.98. The zero-order valence-electron chi connectivity index (χ0n) is 15.4. The molecule has 0 radical (unpaired) electrons. The molecule has 1 aliphatic rings. The summed E-state index contributed by atoms with van der Waals surface area (Å²) in [5, 5.41) is 7.97. The predicted octanol–water partition coefficient (Wildman–Crippen LogP) is 4.26. The van der Waals surface area contributed by atoms with Gasteiger partial charge in [0.2, 0.25) is 12.5 Å². The van der Waals surface area contributed by atoms with E-state index < -0.39 is 0 Å². The van der Waals surface area contributed by atoms with Gasteiger partial charge in [0.1, 0.15) is 0 Å². The normalized spacial score (nSPS) is 13.6. The summed E-state index contributed by atoms with van der Waals surface area (Å²) in [4.78, 5) is 4.63. The van der Waals surface area contributed by atoms with Gasteiger partial charge in [0, 0.05) is 12.7 Å². The first-order chi connectivity index (χ1) is 13.2. The first-order valence-corrected chi connectivity index (χ1v) is 9.81. The second-order valence-electron chi connectivity index (χ2n) is 6.51. The number of nitrogens with one attached hydrogen (secondary N) is 1. The molecule has 0 aliphatic carbocycles. The zero-order chi connectivity index (χ0) is 18.6. The number of rotatable bonds is 7. The van der Waals surface area contributed by atoms with Crippen molar-refractivity contribution in [1.82, 2.24) is 10.3 Å². The minimum Gasteiger partial charge on any atom is -0.493 e. The maximum atomic E-state index is 5.54. The topological polar surface area (TPSA) is 52.6 Å². The molecule has 0 bridgehead atoms. The van der Waals surface area contributed by atoms with Gasteiger partial charge in [0.05, 0.1) is 18.8 Å². The van der Waals surface area contributed by atoms with E-state index in [0.29, 0.717) is 18.0 Å². The van der Waals surface area contributed by atoms with Crippen LogP contribution in [-0.4, -0.2) is 18.9 Å². The van der Waals surface area contributed by atoms with E-state index in [4.69, 9.17) is 14.2 Å². The molecule has 1 aliphatic heterocycles. The number of methoxy groups -OCH3 is 1. The van der Waals surface area contributed by atoms with E-state index in [1.165, 1.54) is 11.1 Å². The molecule has 5 nitrogen and oxygen atoms in total. The molecule has 1 atom stereocenters. The van der Waals surface area contributed by atoms with Gasteiger partial charge in [0.25, 0.3) is 0 Å². The fraction of sp³-hybridized carbons (Fsp3) is 0.286. The molecular weight excluding hydrogens is 360 g/mol. The van der Waals surface area contributed by atoms with Crippen molar-refractivity contribution in [1.29, 1.82) is 0 Å². The Morgan fingerprint density at radius 2 is 2.19 bits per heavy atom. The van der Waals surface area contributed by atoms with Crippen molar-refractivity contribution in [2.45, 2.75) is 25.9 Å². The Morgan fingerprint density at radius 3 is 2.96 bits per heavy atom. The number of benzene rings is 1. The first-order valence-electron chi connectivity index (χ1n) is 8.87.